The van der Waals surface area contributed by atoms with Gasteiger partial charge in [0.25, 0.3) is 0 Å². The number of hydrogen-bond acceptors (Lipinski definition) is 5. The van der Waals surface area contributed by atoms with Crippen LogP contribution in [0, 0.1) is 11.6 Å². The van der Waals surface area contributed by atoms with E-state index >= 15 is 0 Å². The number of benzene rings is 1. The molecule has 1 unspecified atom stereocenters. The van der Waals surface area contributed by atoms with E-state index in [2.05, 4.69) is 10.6 Å². The minimum Gasteiger partial charge on any atom is -0.396 e. The van der Waals surface area contributed by atoms with Crippen LogP contribution in [0.4, 0.5) is 8.78 Å². The number of ether oxygens (including phenoxy) is 1. The largest absolute Gasteiger partial charge is 0.396 e. The predicted molar refractivity (Wildman–Crippen MR) is 103 cm³/mol. The molecule has 1 aromatic carbocycles. The minimum absolute atomic E-state index is 0.00513. The van der Waals surface area contributed by atoms with Crippen LogP contribution in [0.2, 0.25) is 0 Å². The Hall–Kier alpha value is -2.10. The minimum atomic E-state index is -1.13. The fourth-order valence-corrected chi connectivity index (χ4v) is 2.97. The van der Waals surface area contributed by atoms with Crippen LogP contribution in [-0.2, 0) is 20.7 Å². The zero-order chi connectivity index (χ0) is 21.8. The maximum absolute atomic E-state index is 13.4. The van der Waals surface area contributed by atoms with Gasteiger partial charge in [-0.1, -0.05) is 6.92 Å². The molecule has 0 aromatic heterocycles. The molecular weight excluding hydrogens is 386 g/mol. The summed E-state index contributed by atoms with van der Waals surface area (Å²) in [5.74, 6) is -2.31. The van der Waals surface area contributed by atoms with Crippen LogP contribution in [0.3, 0.4) is 0 Å². The monoisotopic (exact) mass is 416 g/mol. The first-order valence-corrected chi connectivity index (χ1v) is 9.63. The molecule has 164 valence electrons. The van der Waals surface area contributed by atoms with E-state index in [4.69, 9.17) is 4.74 Å². The van der Waals surface area contributed by atoms with Gasteiger partial charge in [-0.15, -0.1) is 0 Å². The highest BCUT2D eigenvalue weighted by Crippen LogP contribution is 2.15. The van der Waals surface area contributed by atoms with E-state index in [-0.39, 0.29) is 43.9 Å². The third kappa shape index (κ3) is 10.3. The van der Waals surface area contributed by atoms with E-state index in [1.165, 1.54) is 6.92 Å². The molecule has 1 aromatic rings. The summed E-state index contributed by atoms with van der Waals surface area (Å²) in [6, 6.07) is 1.60. The Morgan fingerprint density at radius 3 is 2.38 bits per heavy atom. The summed E-state index contributed by atoms with van der Waals surface area (Å²) in [6.45, 7) is 3.27. The van der Waals surface area contributed by atoms with Gasteiger partial charge >= 0.3 is 0 Å². The summed E-state index contributed by atoms with van der Waals surface area (Å²) >= 11 is 0. The fraction of sp³-hybridized carbons (Fsp3) is 0.600. The van der Waals surface area contributed by atoms with E-state index in [1.807, 2.05) is 6.92 Å². The zero-order valence-corrected chi connectivity index (χ0v) is 16.8. The Morgan fingerprint density at radius 1 is 1.17 bits per heavy atom. The maximum atomic E-state index is 13.4. The molecule has 9 heteroatoms. The number of hydrogen-bond donors (Lipinski definition) is 4. The van der Waals surface area contributed by atoms with E-state index in [9.17, 15) is 28.6 Å². The Morgan fingerprint density at radius 2 is 1.83 bits per heavy atom. The summed E-state index contributed by atoms with van der Waals surface area (Å²) in [6.07, 6.45) is -0.139. The number of carbonyl (C=O) groups excluding carboxylic acids is 2. The number of aliphatic hydroxyl groups excluding tert-OH is 2. The van der Waals surface area contributed by atoms with Crippen molar-refractivity contribution in [3.05, 3.63) is 35.4 Å². The molecule has 0 aliphatic carbocycles. The van der Waals surface area contributed by atoms with Crippen molar-refractivity contribution in [3.8, 4) is 0 Å². The second-order valence-electron chi connectivity index (χ2n) is 6.92. The number of aliphatic hydroxyl groups is 2. The van der Waals surface area contributed by atoms with Crippen LogP contribution >= 0.6 is 0 Å². The van der Waals surface area contributed by atoms with Crippen molar-refractivity contribution in [2.45, 2.75) is 57.7 Å². The molecule has 4 N–H and O–H groups in total. The smallest absolute Gasteiger partial charge is 0.246 e. The Kier molecular flexibility index (Phi) is 11.3. The molecule has 0 saturated carbocycles. The third-order valence-corrected chi connectivity index (χ3v) is 4.18. The number of carbonyl (C=O) groups is 2. The van der Waals surface area contributed by atoms with Gasteiger partial charge in [0.2, 0.25) is 11.8 Å². The molecule has 1 rings (SSSR count). The van der Waals surface area contributed by atoms with Crippen molar-refractivity contribution < 1.29 is 33.3 Å². The van der Waals surface area contributed by atoms with Gasteiger partial charge in [-0.2, -0.15) is 0 Å². The Labute approximate surface area is 169 Å². The number of rotatable bonds is 13. The fourth-order valence-electron chi connectivity index (χ4n) is 2.97. The molecule has 0 saturated heterocycles. The first-order valence-electron chi connectivity index (χ1n) is 9.63. The summed E-state index contributed by atoms with van der Waals surface area (Å²) < 4.78 is 32.1. The zero-order valence-electron chi connectivity index (χ0n) is 16.8. The summed E-state index contributed by atoms with van der Waals surface area (Å²) in [7, 11) is 0. The summed E-state index contributed by atoms with van der Waals surface area (Å²) in [5.41, 5.74) is 0.274. The van der Waals surface area contributed by atoms with E-state index in [1.54, 1.807) is 0 Å². The van der Waals surface area contributed by atoms with Gasteiger partial charge in [0, 0.05) is 32.2 Å². The van der Waals surface area contributed by atoms with E-state index in [0.29, 0.717) is 6.61 Å². The quantitative estimate of drug-likeness (QED) is 0.360. The van der Waals surface area contributed by atoms with Crippen LogP contribution in [-0.4, -0.2) is 60.0 Å². The van der Waals surface area contributed by atoms with Crippen LogP contribution in [0.15, 0.2) is 18.2 Å². The van der Waals surface area contributed by atoms with Crippen molar-refractivity contribution >= 4 is 11.8 Å². The SMILES string of the molecule is CCCOCC(=O)NC(CCO)C[C@H](O)[C@H](Cc1cc(F)cc(F)c1)NC(C)=O. The molecule has 0 bridgehead atoms. The van der Waals surface area contributed by atoms with Crippen molar-refractivity contribution in [2.75, 3.05) is 19.8 Å². The van der Waals surface area contributed by atoms with E-state index < -0.39 is 35.7 Å². The van der Waals surface area contributed by atoms with Crippen molar-refractivity contribution in [3.63, 3.8) is 0 Å². The molecule has 0 fully saturated rings. The lowest BCUT2D eigenvalue weighted by Gasteiger charge is -2.28. The second-order valence-corrected chi connectivity index (χ2v) is 6.92. The lowest BCUT2D eigenvalue weighted by Crippen LogP contribution is -2.48. The van der Waals surface area contributed by atoms with Crippen molar-refractivity contribution in [1.82, 2.24) is 10.6 Å². The van der Waals surface area contributed by atoms with Gasteiger partial charge in [-0.05, 0) is 43.4 Å². The van der Waals surface area contributed by atoms with Crippen LogP contribution in [0.5, 0.6) is 0 Å². The molecule has 0 aliphatic heterocycles. The van der Waals surface area contributed by atoms with Crippen LogP contribution < -0.4 is 10.6 Å². The van der Waals surface area contributed by atoms with Gasteiger partial charge in [0.05, 0.1) is 12.1 Å². The van der Waals surface area contributed by atoms with Gasteiger partial charge in [-0.3, -0.25) is 9.59 Å². The molecule has 0 spiro atoms. The highest BCUT2D eigenvalue weighted by molar-refractivity contribution is 5.77. The molecule has 7 nitrogen and oxygen atoms in total. The molecular formula is C20H30F2N2O5. The number of amides is 2. The summed E-state index contributed by atoms with van der Waals surface area (Å²) in [5, 5.41) is 25.1. The van der Waals surface area contributed by atoms with Gasteiger partial charge in [0.15, 0.2) is 0 Å². The standard InChI is InChI=1S/C20H30F2N2O5/c1-3-6-29-12-20(28)24-17(4-5-25)11-19(27)18(23-13(2)26)9-14-7-15(21)10-16(22)8-14/h7-8,10,17-19,25,27H,3-6,9,11-12H2,1-2H3,(H,23,26)(H,24,28)/t17?,18-,19-/m0/s1. The number of halogens is 2. The first-order chi connectivity index (χ1) is 13.7. The topological polar surface area (TPSA) is 108 Å². The molecule has 29 heavy (non-hydrogen) atoms. The van der Waals surface area contributed by atoms with Gasteiger partial charge < -0.3 is 25.6 Å². The van der Waals surface area contributed by atoms with E-state index in [0.717, 1.165) is 24.6 Å². The third-order valence-electron chi connectivity index (χ3n) is 4.18. The summed E-state index contributed by atoms with van der Waals surface area (Å²) in [4.78, 5) is 23.5. The Bertz CT molecular complexity index is 640. The lowest BCUT2D eigenvalue weighted by molar-refractivity contribution is -0.127. The highest BCUT2D eigenvalue weighted by Gasteiger charge is 2.25. The lowest BCUT2D eigenvalue weighted by atomic mass is 9.95. The first kappa shape index (κ1) is 24.9. The average Bonchev–Trinajstić information content (AvgIpc) is 2.60. The van der Waals surface area contributed by atoms with Crippen LogP contribution in [0.25, 0.3) is 0 Å². The van der Waals surface area contributed by atoms with Crippen molar-refractivity contribution in [2.24, 2.45) is 0 Å². The molecule has 3 atom stereocenters. The van der Waals surface area contributed by atoms with Crippen LogP contribution in [0.1, 0.15) is 38.7 Å². The molecule has 0 radical (unpaired) electrons. The molecule has 0 heterocycles. The van der Waals surface area contributed by atoms with Gasteiger partial charge in [0.1, 0.15) is 18.2 Å². The average molecular weight is 416 g/mol. The number of nitrogens with one attached hydrogen (secondary N) is 2. The molecule has 0 aliphatic rings. The highest BCUT2D eigenvalue weighted by atomic mass is 19.1. The predicted octanol–water partition coefficient (Wildman–Crippen LogP) is 1.06. The maximum Gasteiger partial charge on any atom is 0.246 e. The van der Waals surface area contributed by atoms with Crippen molar-refractivity contribution in [1.29, 1.82) is 0 Å². The second kappa shape index (κ2) is 13.2. The Balaban J connectivity index is 2.80. The normalized spacial score (nSPS) is 14.1. The molecule has 2 amide bonds. The van der Waals surface area contributed by atoms with Gasteiger partial charge in [-0.25, -0.2) is 8.78 Å².